The van der Waals surface area contributed by atoms with E-state index >= 15 is 0 Å². The Labute approximate surface area is 133 Å². The van der Waals surface area contributed by atoms with Crippen molar-refractivity contribution < 1.29 is 9.53 Å². The van der Waals surface area contributed by atoms with E-state index in [1.54, 1.807) is 0 Å². The molecule has 1 aromatic carbocycles. The molecule has 110 valence electrons. The Bertz CT molecular complexity index is 418. The molecule has 5 heteroatoms. The van der Waals surface area contributed by atoms with Gasteiger partial charge in [-0.25, -0.2) is 0 Å². The summed E-state index contributed by atoms with van der Waals surface area (Å²) in [5, 5.41) is 3.71. The number of hydrogen-bond donors (Lipinski definition) is 1. The molecule has 0 heterocycles. The first kappa shape index (κ1) is 15.7. The summed E-state index contributed by atoms with van der Waals surface area (Å²) in [6, 6.07) is 7.47. The number of thioether (sulfide) groups is 1. The third-order valence-corrected chi connectivity index (χ3v) is 5.17. The van der Waals surface area contributed by atoms with Crippen molar-refractivity contribution in [2.45, 2.75) is 30.9 Å². The van der Waals surface area contributed by atoms with E-state index < -0.39 is 0 Å². The van der Waals surface area contributed by atoms with Gasteiger partial charge >= 0.3 is 0 Å². The van der Waals surface area contributed by atoms with Gasteiger partial charge < -0.3 is 10.1 Å². The van der Waals surface area contributed by atoms with E-state index in [0.717, 1.165) is 22.0 Å². The molecule has 1 aliphatic rings. The van der Waals surface area contributed by atoms with Crippen molar-refractivity contribution >= 4 is 33.6 Å². The second kappa shape index (κ2) is 8.57. The number of carbonyl (C=O) groups excluding carboxylic acids is 1. The van der Waals surface area contributed by atoms with E-state index in [1.807, 2.05) is 36.0 Å². The number of ether oxygens (including phenoxy) is 1. The molecule has 0 unspecified atom stereocenters. The molecule has 2 rings (SSSR count). The molecule has 0 spiro atoms. The Morgan fingerprint density at radius 3 is 2.70 bits per heavy atom. The minimum atomic E-state index is -0.0556. The van der Waals surface area contributed by atoms with Gasteiger partial charge in [0, 0.05) is 22.0 Å². The fourth-order valence-corrected chi connectivity index (χ4v) is 3.69. The maximum Gasteiger partial charge on any atom is 0.257 e. The molecule has 0 bridgehead atoms. The Kier molecular flexibility index (Phi) is 6.73. The minimum absolute atomic E-state index is 0.0556. The predicted octanol–water partition coefficient (Wildman–Crippen LogP) is 3.62. The third-order valence-electron chi connectivity index (χ3n) is 3.26. The number of benzene rings is 1. The Hall–Kier alpha value is -0.680. The van der Waals surface area contributed by atoms with Crippen molar-refractivity contribution in [1.29, 1.82) is 0 Å². The average molecular weight is 358 g/mol. The highest BCUT2D eigenvalue weighted by Gasteiger charge is 2.14. The highest BCUT2D eigenvalue weighted by atomic mass is 79.9. The van der Waals surface area contributed by atoms with Gasteiger partial charge in [-0.3, -0.25) is 4.79 Å². The SMILES string of the molecule is O=C(COc1ccc(Br)cc1)NCCSC1CCCC1. The first-order valence-electron chi connectivity index (χ1n) is 7.01. The van der Waals surface area contributed by atoms with Gasteiger partial charge in [-0.05, 0) is 37.1 Å². The van der Waals surface area contributed by atoms with Gasteiger partial charge in [0.05, 0.1) is 0 Å². The van der Waals surface area contributed by atoms with Crippen LogP contribution >= 0.6 is 27.7 Å². The molecule has 1 aromatic rings. The fourth-order valence-electron chi connectivity index (χ4n) is 2.20. The summed E-state index contributed by atoms with van der Waals surface area (Å²) in [5.41, 5.74) is 0. The average Bonchev–Trinajstić information content (AvgIpc) is 2.96. The van der Waals surface area contributed by atoms with Crippen molar-refractivity contribution in [1.82, 2.24) is 5.32 Å². The monoisotopic (exact) mass is 357 g/mol. The predicted molar refractivity (Wildman–Crippen MR) is 87.4 cm³/mol. The molecule has 0 radical (unpaired) electrons. The molecule has 0 saturated heterocycles. The van der Waals surface area contributed by atoms with E-state index in [-0.39, 0.29) is 12.5 Å². The van der Waals surface area contributed by atoms with E-state index in [2.05, 4.69) is 21.2 Å². The van der Waals surface area contributed by atoms with Crippen molar-refractivity contribution in [3.8, 4) is 5.75 Å². The first-order valence-corrected chi connectivity index (χ1v) is 8.85. The molecule has 1 N–H and O–H groups in total. The summed E-state index contributed by atoms with van der Waals surface area (Å²) in [6.45, 7) is 0.805. The Balaban J connectivity index is 1.54. The highest BCUT2D eigenvalue weighted by molar-refractivity contribution is 9.10. The normalized spacial score (nSPS) is 15.2. The number of hydrogen-bond acceptors (Lipinski definition) is 3. The number of halogens is 1. The molecule has 0 aromatic heterocycles. The largest absolute Gasteiger partial charge is 0.484 e. The lowest BCUT2D eigenvalue weighted by Gasteiger charge is -2.10. The zero-order valence-corrected chi connectivity index (χ0v) is 13.8. The fraction of sp³-hybridized carbons (Fsp3) is 0.533. The Morgan fingerprint density at radius 2 is 2.00 bits per heavy atom. The van der Waals surface area contributed by atoms with Crippen LogP contribution in [0.1, 0.15) is 25.7 Å². The smallest absolute Gasteiger partial charge is 0.257 e. The molecule has 20 heavy (non-hydrogen) atoms. The van der Waals surface area contributed by atoms with E-state index in [1.165, 1.54) is 25.7 Å². The van der Waals surface area contributed by atoms with Crippen LogP contribution in [0.5, 0.6) is 5.75 Å². The molecule has 3 nitrogen and oxygen atoms in total. The molecule has 0 aliphatic heterocycles. The minimum Gasteiger partial charge on any atom is -0.484 e. The van der Waals surface area contributed by atoms with Gasteiger partial charge in [0.2, 0.25) is 0 Å². The molecule has 1 aliphatic carbocycles. The van der Waals surface area contributed by atoms with Crippen LogP contribution in [-0.2, 0) is 4.79 Å². The van der Waals surface area contributed by atoms with Crippen LogP contribution in [0.15, 0.2) is 28.7 Å². The van der Waals surface area contributed by atoms with E-state index in [9.17, 15) is 4.79 Å². The van der Waals surface area contributed by atoms with Gasteiger partial charge in [-0.15, -0.1) is 0 Å². The zero-order chi connectivity index (χ0) is 14.2. The highest BCUT2D eigenvalue weighted by Crippen LogP contribution is 2.28. The summed E-state index contributed by atoms with van der Waals surface area (Å²) in [4.78, 5) is 11.6. The molecular formula is C15H20BrNO2S. The molecular weight excluding hydrogens is 338 g/mol. The topological polar surface area (TPSA) is 38.3 Å². The summed E-state index contributed by atoms with van der Waals surface area (Å²) in [7, 11) is 0. The Morgan fingerprint density at radius 1 is 1.30 bits per heavy atom. The van der Waals surface area contributed by atoms with Gasteiger partial charge in [0.15, 0.2) is 6.61 Å². The number of amides is 1. The second-order valence-electron chi connectivity index (χ2n) is 4.87. The number of carbonyl (C=O) groups is 1. The second-order valence-corrected chi connectivity index (χ2v) is 7.19. The van der Waals surface area contributed by atoms with Gasteiger partial charge in [0.1, 0.15) is 5.75 Å². The van der Waals surface area contributed by atoms with Crippen molar-refractivity contribution in [3.05, 3.63) is 28.7 Å². The molecule has 1 saturated carbocycles. The van der Waals surface area contributed by atoms with Gasteiger partial charge in [0.25, 0.3) is 5.91 Å². The quantitative estimate of drug-likeness (QED) is 0.757. The van der Waals surface area contributed by atoms with E-state index in [0.29, 0.717) is 5.75 Å². The molecule has 0 atom stereocenters. The van der Waals surface area contributed by atoms with Crippen LogP contribution in [0.2, 0.25) is 0 Å². The first-order chi connectivity index (χ1) is 9.74. The van der Waals surface area contributed by atoms with Crippen molar-refractivity contribution in [2.75, 3.05) is 18.9 Å². The van der Waals surface area contributed by atoms with Crippen LogP contribution < -0.4 is 10.1 Å². The summed E-state index contributed by atoms with van der Waals surface area (Å²) >= 11 is 5.34. The third kappa shape index (κ3) is 5.75. The van der Waals surface area contributed by atoms with Gasteiger partial charge in [-0.2, -0.15) is 11.8 Å². The van der Waals surface area contributed by atoms with E-state index in [4.69, 9.17) is 4.74 Å². The maximum absolute atomic E-state index is 11.6. The summed E-state index contributed by atoms with van der Waals surface area (Å²) in [6.07, 6.45) is 5.41. The lowest BCUT2D eigenvalue weighted by atomic mass is 10.3. The molecule has 1 amide bonds. The van der Waals surface area contributed by atoms with Crippen LogP contribution in [-0.4, -0.2) is 30.1 Å². The standard InChI is InChI=1S/C15H20BrNO2S/c16-12-5-7-13(8-6-12)19-11-15(18)17-9-10-20-14-3-1-2-4-14/h5-8,14H,1-4,9-11H2,(H,17,18). The molecule has 1 fully saturated rings. The zero-order valence-electron chi connectivity index (χ0n) is 11.4. The number of rotatable bonds is 7. The van der Waals surface area contributed by atoms with Crippen molar-refractivity contribution in [3.63, 3.8) is 0 Å². The van der Waals surface area contributed by atoms with Crippen molar-refractivity contribution in [2.24, 2.45) is 0 Å². The maximum atomic E-state index is 11.6. The lowest BCUT2D eigenvalue weighted by Crippen LogP contribution is -2.30. The van der Waals surface area contributed by atoms with Gasteiger partial charge in [-0.1, -0.05) is 28.8 Å². The van der Waals surface area contributed by atoms with Crippen LogP contribution in [0, 0.1) is 0 Å². The lowest BCUT2D eigenvalue weighted by molar-refractivity contribution is -0.122. The van der Waals surface area contributed by atoms with Crippen LogP contribution in [0.25, 0.3) is 0 Å². The number of nitrogens with one attached hydrogen (secondary N) is 1. The van der Waals surface area contributed by atoms with Crippen LogP contribution in [0.4, 0.5) is 0 Å². The summed E-state index contributed by atoms with van der Waals surface area (Å²) in [5.74, 6) is 1.65. The van der Waals surface area contributed by atoms with Crippen LogP contribution in [0.3, 0.4) is 0 Å². The summed E-state index contributed by atoms with van der Waals surface area (Å²) < 4.78 is 6.41.